The Morgan fingerprint density at radius 1 is 1.20 bits per heavy atom. The zero-order valence-corrected chi connectivity index (χ0v) is 14.0. The van der Waals surface area contributed by atoms with E-state index >= 15 is 0 Å². The molecule has 0 aliphatic carbocycles. The van der Waals surface area contributed by atoms with Crippen molar-refractivity contribution in [2.24, 2.45) is 0 Å². The Hall–Kier alpha value is -2.73. The number of carbonyl (C=O) groups excluding carboxylic acids is 2. The molecule has 0 aromatic heterocycles. The lowest BCUT2D eigenvalue weighted by Gasteiger charge is -2.36. The molecular formula is C19H20FN3O2. The van der Waals surface area contributed by atoms with Gasteiger partial charge in [0, 0.05) is 37.8 Å². The van der Waals surface area contributed by atoms with Crippen molar-refractivity contribution in [1.82, 2.24) is 10.2 Å². The lowest BCUT2D eigenvalue weighted by Crippen LogP contribution is -2.48. The molecule has 2 aromatic carbocycles. The fourth-order valence-corrected chi connectivity index (χ4v) is 3.02. The molecule has 130 valence electrons. The molecule has 5 nitrogen and oxygen atoms in total. The van der Waals surface area contributed by atoms with Crippen LogP contribution >= 0.6 is 0 Å². The Kier molecular flexibility index (Phi) is 5.09. The van der Waals surface area contributed by atoms with Gasteiger partial charge >= 0.3 is 0 Å². The summed E-state index contributed by atoms with van der Waals surface area (Å²) in [7, 11) is 0. The second-order valence-electron chi connectivity index (χ2n) is 6.03. The maximum Gasteiger partial charge on any atom is 0.254 e. The van der Waals surface area contributed by atoms with E-state index in [0.29, 0.717) is 30.9 Å². The van der Waals surface area contributed by atoms with Gasteiger partial charge in [-0.1, -0.05) is 12.1 Å². The fraction of sp³-hybridized carbons (Fsp3) is 0.263. The first-order valence-electron chi connectivity index (χ1n) is 8.19. The Labute approximate surface area is 145 Å². The van der Waals surface area contributed by atoms with Gasteiger partial charge in [0.2, 0.25) is 5.91 Å². The molecule has 2 aromatic rings. The number of carbonyl (C=O) groups is 2. The van der Waals surface area contributed by atoms with Gasteiger partial charge in [0.1, 0.15) is 5.82 Å². The van der Waals surface area contributed by atoms with Crippen LogP contribution in [-0.4, -0.2) is 36.3 Å². The molecule has 2 amide bonds. The molecule has 0 bridgehead atoms. The highest BCUT2D eigenvalue weighted by atomic mass is 19.1. The number of nitrogens with one attached hydrogen (secondary N) is 2. The first-order chi connectivity index (χ1) is 12.0. The molecule has 1 heterocycles. The second kappa shape index (κ2) is 7.44. The van der Waals surface area contributed by atoms with Crippen molar-refractivity contribution >= 4 is 17.5 Å². The highest BCUT2D eigenvalue weighted by molar-refractivity contribution is 5.95. The van der Waals surface area contributed by atoms with Crippen molar-refractivity contribution in [2.45, 2.75) is 13.0 Å². The average molecular weight is 341 g/mol. The molecule has 1 saturated heterocycles. The SMILES string of the molecule is CC(=O)Nc1ccc(C(=O)N2CCNCC2c2cccc(F)c2)cc1. The number of nitrogens with zero attached hydrogens (tertiary/aromatic N) is 1. The van der Waals surface area contributed by atoms with E-state index < -0.39 is 0 Å². The molecule has 6 heteroatoms. The molecule has 1 aliphatic rings. The number of halogens is 1. The first-order valence-corrected chi connectivity index (χ1v) is 8.19. The predicted molar refractivity (Wildman–Crippen MR) is 93.8 cm³/mol. The number of benzene rings is 2. The summed E-state index contributed by atoms with van der Waals surface area (Å²) < 4.78 is 13.6. The van der Waals surface area contributed by atoms with E-state index in [4.69, 9.17) is 0 Å². The van der Waals surface area contributed by atoms with Crippen LogP contribution in [0.1, 0.15) is 28.9 Å². The minimum atomic E-state index is -0.310. The van der Waals surface area contributed by atoms with E-state index in [1.807, 2.05) is 6.07 Å². The van der Waals surface area contributed by atoms with Crippen molar-refractivity contribution in [2.75, 3.05) is 25.0 Å². The van der Waals surface area contributed by atoms with E-state index in [1.54, 1.807) is 35.2 Å². The van der Waals surface area contributed by atoms with E-state index in [-0.39, 0.29) is 23.7 Å². The van der Waals surface area contributed by atoms with Crippen LogP contribution in [0.2, 0.25) is 0 Å². The van der Waals surface area contributed by atoms with Gasteiger partial charge in [0.05, 0.1) is 6.04 Å². The molecule has 1 fully saturated rings. The van der Waals surface area contributed by atoms with Crippen LogP contribution in [0, 0.1) is 5.82 Å². The van der Waals surface area contributed by atoms with Gasteiger partial charge in [-0.3, -0.25) is 9.59 Å². The largest absolute Gasteiger partial charge is 0.329 e. The number of hydrogen-bond donors (Lipinski definition) is 2. The Morgan fingerprint density at radius 2 is 1.96 bits per heavy atom. The van der Waals surface area contributed by atoms with Crippen LogP contribution in [0.15, 0.2) is 48.5 Å². The first kappa shape index (κ1) is 17.1. The normalized spacial score (nSPS) is 17.2. The van der Waals surface area contributed by atoms with Crippen LogP contribution < -0.4 is 10.6 Å². The average Bonchev–Trinajstić information content (AvgIpc) is 2.61. The zero-order valence-electron chi connectivity index (χ0n) is 14.0. The number of amides is 2. The lowest BCUT2D eigenvalue weighted by atomic mass is 10.0. The van der Waals surface area contributed by atoms with Gasteiger partial charge in [-0.05, 0) is 42.0 Å². The van der Waals surface area contributed by atoms with E-state index in [9.17, 15) is 14.0 Å². The zero-order chi connectivity index (χ0) is 17.8. The monoisotopic (exact) mass is 341 g/mol. The van der Waals surface area contributed by atoms with Gasteiger partial charge in [-0.25, -0.2) is 4.39 Å². The Morgan fingerprint density at radius 3 is 2.64 bits per heavy atom. The quantitative estimate of drug-likeness (QED) is 0.902. The summed E-state index contributed by atoms with van der Waals surface area (Å²) in [4.78, 5) is 25.8. The van der Waals surface area contributed by atoms with Crippen LogP contribution in [0.3, 0.4) is 0 Å². The summed E-state index contributed by atoms with van der Waals surface area (Å²) in [5.74, 6) is -0.576. The van der Waals surface area contributed by atoms with Gasteiger partial charge in [0.15, 0.2) is 0 Å². The number of hydrogen-bond acceptors (Lipinski definition) is 3. The van der Waals surface area contributed by atoms with E-state index in [2.05, 4.69) is 10.6 Å². The summed E-state index contributed by atoms with van der Waals surface area (Å²) >= 11 is 0. The van der Waals surface area contributed by atoms with Gasteiger partial charge in [0.25, 0.3) is 5.91 Å². The third-order valence-electron chi connectivity index (χ3n) is 4.19. The topological polar surface area (TPSA) is 61.4 Å². The van der Waals surface area contributed by atoms with Crippen molar-refractivity contribution in [3.8, 4) is 0 Å². The van der Waals surface area contributed by atoms with Crippen LogP contribution in [0.5, 0.6) is 0 Å². The van der Waals surface area contributed by atoms with E-state index in [1.165, 1.54) is 19.1 Å². The minimum Gasteiger partial charge on any atom is -0.329 e. The summed E-state index contributed by atoms with van der Waals surface area (Å²) in [6.07, 6.45) is 0. The number of piperazine rings is 1. The molecular weight excluding hydrogens is 321 g/mol. The molecule has 0 spiro atoms. The van der Waals surface area contributed by atoms with Crippen LogP contribution in [0.4, 0.5) is 10.1 Å². The van der Waals surface area contributed by atoms with Gasteiger partial charge < -0.3 is 15.5 Å². The van der Waals surface area contributed by atoms with Crippen LogP contribution in [-0.2, 0) is 4.79 Å². The molecule has 2 N–H and O–H groups in total. The standard InChI is InChI=1S/C19H20FN3O2/c1-13(24)22-17-7-5-14(6-8-17)19(25)23-10-9-21-12-18(23)15-3-2-4-16(20)11-15/h2-8,11,18,21H,9-10,12H2,1H3,(H,22,24). The predicted octanol–water partition coefficient (Wildman–Crippen LogP) is 2.57. The maximum atomic E-state index is 13.6. The van der Waals surface area contributed by atoms with Crippen LogP contribution in [0.25, 0.3) is 0 Å². The Balaban J connectivity index is 1.82. The third-order valence-corrected chi connectivity index (χ3v) is 4.19. The molecule has 25 heavy (non-hydrogen) atoms. The highest BCUT2D eigenvalue weighted by Crippen LogP contribution is 2.25. The second-order valence-corrected chi connectivity index (χ2v) is 6.03. The maximum absolute atomic E-state index is 13.6. The van der Waals surface area contributed by atoms with E-state index in [0.717, 1.165) is 5.56 Å². The summed E-state index contributed by atoms with van der Waals surface area (Å²) in [5.41, 5.74) is 1.96. The Bertz CT molecular complexity index is 776. The van der Waals surface area contributed by atoms with Crippen molar-refractivity contribution in [3.63, 3.8) is 0 Å². The molecule has 3 rings (SSSR count). The fourth-order valence-electron chi connectivity index (χ4n) is 3.02. The summed E-state index contributed by atoms with van der Waals surface area (Å²) in [6, 6.07) is 12.9. The summed E-state index contributed by atoms with van der Waals surface area (Å²) in [6.45, 7) is 3.26. The third kappa shape index (κ3) is 4.03. The lowest BCUT2D eigenvalue weighted by molar-refractivity contribution is -0.114. The molecule has 1 unspecified atom stereocenters. The molecule has 0 saturated carbocycles. The minimum absolute atomic E-state index is 0.106. The van der Waals surface area contributed by atoms with Crippen molar-refractivity contribution in [3.05, 3.63) is 65.5 Å². The van der Waals surface area contributed by atoms with Crippen molar-refractivity contribution in [1.29, 1.82) is 0 Å². The van der Waals surface area contributed by atoms with Crippen molar-refractivity contribution < 1.29 is 14.0 Å². The van der Waals surface area contributed by atoms with Gasteiger partial charge in [-0.2, -0.15) is 0 Å². The molecule has 1 atom stereocenters. The van der Waals surface area contributed by atoms with Gasteiger partial charge in [-0.15, -0.1) is 0 Å². The molecule has 0 radical (unpaired) electrons. The molecule has 1 aliphatic heterocycles. The highest BCUT2D eigenvalue weighted by Gasteiger charge is 2.28. The smallest absolute Gasteiger partial charge is 0.254 e. The number of rotatable bonds is 3. The summed E-state index contributed by atoms with van der Waals surface area (Å²) in [5, 5.41) is 5.93. The number of anilines is 1.